The first-order chi connectivity index (χ1) is 10.3. The Labute approximate surface area is 123 Å². The number of carbonyl (C=O) groups is 1. The number of carboxylic acid groups (broad SMARTS) is 1. The molecule has 1 aromatic carbocycles. The van der Waals surface area contributed by atoms with E-state index in [4.69, 9.17) is 9.52 Å². The minimum atomic E-state index is -4.57. The lowest BCUT2D eigenvalue weighted by molar-refractivity contribution is -0.141. The van der Waals surface area contributed by atoms with Gasteiger partial charge in [0.15, 0.2) is 5.69 Å². The number of aromatic nitrogens is 1. The Morgan fingerprint density at radius 1 is 1.36 bits per heavy atom. The number of carboxylic acids is 1. The van der Waals surface area contributed by atoms with Crippen molar-refractivity contribution < 1.29 is 27.5 Å². The van der Waals surface area contributed by atoms with Crippen LogP contribution in [0.5, 0.6) is 0 Å². The van der Waals surface area contributed by atoms with E-state index in [0.717, 1.165) is 0 Å². The molecule has 1 atom stereocenters. The molecule has 0 aliphatic heterocycles. The molecule has 1 aromatic heterocycles. The quantitative estimate of drug-likeness (QED) is 0.872. The third kappa shape index (κ3) is 3.57. The van der Waals surface area contributed by atoms with Gasteiger partial charge in [0, 0.05) is 5.69 Å². The van der Waals surface area contributed by atoms with E-state index in [2.05, 4.69) is 10.3 Å². The fraction of sp³-hybridized carbons (Fsp3) is 0.286. The van der Waals surface area contributed by atoms with Gasteiger partial charge in [-0.3, -0.25) is 4.79 Å². The number of halogens is 3. The Balaban J connectivity index is 2.11. The SMILES string of the molecule is CC[C@H](C(=O)O)c1ccc(Nc2nc(C(F)(F)F)co2)cc1. The summed E-state index contributed by atoms with van der Waals surface area (Å²) in [7, 11) is 0. The van der Waals surface area contributed by atoms with Crippen molar-refractivity contribution in [3.8, 4) is 0 Å². The van der Waals surface area contributed by atoms with Crippen molar-refractivity contribution in [1.82, 2.24) is 4.98 Å². The zero-order valence-corrected chi connectivity index (χ0v) is 11.5. The molecule has 0 aliphatic carbocycles. The van der Waals surface area contributed by atoms with E-state index < -0.39 is 23.8 Å². The van der Waals surface area contributed by atoms with Crippen LogP contribution in [0.4, 0.5) is 24.9 Å². The molecular weight excluding hydrogens is 301 g/mol. The Hall–Kier alpha value is -2.51. The summed E-state index contributed by atoms with van der Waals surface area (Å²) in [4.78, 5) is 14.3. The molecular formula is C14H13F3N2O3. The molecule has 0 unspecified atom stereocenters. The lowest BCUT2D eigenvalue weighted by Crippen LogP contribution is -2.10. The first-order valence-electron chi connectivity index (χ1n) is 6.43. The number of rotatable bonds is 5. The van der Waals surface area contributed by atoms with Gasteiger partial charge in [0.2, 0.25) is 0 Å². The third-order valence-corrected chi connectivity index (χ3v) is 3.07. The summed E-state index contributed by atoms with van der Waals surface area (Å²) < 4.78 is 41.9. The van der Waals surface area contributed by atoms with Crippen LogP contribution in [-0.4, -0.2) is 16.1 Å². The largest absolute Gasteiger partial charge is 0.481 e. The summed E-state index contributed by atoms with van der Waals surface area (Å²) in [6, 6.07) is 6.01. The minimum absolute atomic E-state index is 0.287. The lowest BCUT2D eigenvalue weighted by atomic mass is 9.96. The Morgan fingerprint density at radius 3 is 2.45 bits per heavy atom. The molecule has 2 N–H and O–H groups in total. The summed E-state index contributed by atoms with van der Waals surface area (Å²) in [5.74, 6) is -1.54. The van der Waals surface area contributed by atoms with E-state index in [1.165, 1.54) is 0 Å². The molecule has 0 spiro atoms. The Kier molecular flexibility index (Phi) is 4.39. The first-order valence-corrected chi connectivity index (χ1v) is 6.43. The van der Waals surface area contributed by atoms with Crippen LogP contribution in [0, 0.1) is 0 Å². The van der Waals surface area contributed by atoms with Gasteiger partial charge < -0.3 is 14.8 Å². The highest BCUT2D eigenvalue weighted by molar-refractivity contribution is 5.76. The number of nitrogens with one attached hydrogen (secondary N) is 1. The van der Waals surface area contributed by atoms with Gasteiger partial charge in [-0.2, -0.15) is 18.2 Å². The van der Waals surface area contributed by atoms with E-state index in [-0.39, 0.29) is 6.01 Å². The molecule has 1 heterocycles. The topological polar surface area (TPSA) is 75.4 Å². The molecule has 0 aliphatic rings. The van der Waals surface area contributed by atoms with Gasteiger partial charge in [0.05, 0.1) is 5.92 Å². The van der Waals surface area contributed by atoms with E-state index in [0.29, 0.717) is 23.9 Å². The molecule has 5 nitrogen and oxygen atoms in total. The van der Waals surface area contributed by atoms with Gasteiger partial charge in [-0.15, -0.1) is 0 Å². The normalized spacial score (nSPS) is 12.9. The van der Waals surface area contributed by atoms with Crippen LogP contribution in [0.25, 0.3) is 0 Å². The van der Waals surface area contributed by atoms with Crippen LogP contribution in [0.15, 0.2) is 34.9 Å². The van der Waals surface area contributed by atoms with Crippen LogP contribution < -0.4 is 5.32 Å². The Morgan fingerprint density at radius 2 is 2.00 bits per heavy atom. The zero-order valence-electron chi connectivity index (χ0n) is 11.5. The number of alkyl halides is 3. The molecule has 2 aromatic rings. The molecule has 118 valence electrons. The van der Waals surface area contributed by atoms with Gasteiger partial charge in [0.25, 0.3) is 6.01 Å². The summed E-state index contributed by atoms with van der Waals surface area (Å²) in [6.07, 6.45) is -3.60. The van der Waals surface area contributed by atoms with E-state index in [9.17, 15) is 18.0 Å². The van der Waals surface area contributed by atoms with Crippen molar-refractivity contribution in [3.63, 3.8) is 0 Å². The predicted octanol–water partition coefficient (Wildman–Crippen LogP) is 4.02. The number of anilines is 2. The summed E-state index contributed by atoms with van der Waals surface area (Å²) in [6.45, 7) is 1.76. The number of aliphatic carboxylic acids is 1. The molecule has 0 bridgehead atoms. The van der Waals surface area contributed by atoms with Crippen molar-refractivity contribution in [2.75, 3.05) is 5.32 Å². The van der Waals surface area contributed by atoms with E-state index in [1.54, 1.807) is 31.2 Å². The van der Waals surface area contributed by atoms with E-state index >= 15 is 0 Å². The number of hydrogen-bond acceptors (Lipinski definition) is 4. The minimum Gasteiger partial charge on any atom is -0.481 e. The monoisotopic (exact) mass is 314 g/mol. The predicted molar refractivity (Wildman–Crippen MR) is 71.9 cm³/mol. The highest BCUT2D eigenvalue weighted by atomic mass is 19.4. The number of oxazole rings is 1. The van der Waals surface area contributed by atoms with Crippen molar-refractivity contribution in [2.24, 2.45) is 0 Å². The summed E-state index contributed by atoms with van der Waals surface area (Å²) >= 11 is 0. The van der Waals surface area contributed by atoms with Gasteiger partial charge in [-0.05, 0) is 24.1 Å². The maximum absolute atomic E-state index is 12.4. The highest BCUT2D eigenvalue weighted by Gasteiger charge is 2.34. The molecule has 0 radical (unpaired) electrons. The number of nitrogens with zero attached hydrogens (tertiary/aromatic N) is 1. The molecule has 0 saturated heterocycles. The van der Waals surface area contributed by atoms with Crippen molar-refractivity contribution >= 4 is 17.7 Å². The fourth-order valence-corrected chi connectivity index (χ4v) is 1.94. The highest BCUT2D eigenvalue weighted by Crippen LogP contribution is 2.30. The number of benzene rings is 1. The van der Waals surface area contributed by atoms with Crippen molar-refractivity contribution in [2.45, 2.75) is 25.4 Å². The maximum atomic E-state index is 12.4. The van der Waals surface area contributed by atoms with E-state index in [1.807, 2.05) is 0 Å². The van der Waals surface area contributed by atoms with Gasteiger partial charge in [0.1, 0.15) is 6.26 Å². The molecule has 22 heavy (non-hydrogen) atoms. The molecule has 0 saturated carbocycles. The zero-order chi connectivity index (χ0) is 16.3. The molecule has 0 fully saturated rings. The average Bonchev–Trinajstić information content (AvgIpc) is 2.89. The van der Waals surface area contributed by atoms with Gasteiger partial charge >= 0.3 is 12.1 Å². The van der Waals surface area contributed by atoms with Crippen molar-refractivity contribution in [1.29, 1.82) is 0 Å². The smallest absolute Gasteiger partial charge is 0.436 e. The van der Waals surface area contributed by atoms with Crippen LogP contribution >= 0.6 is 0 Å². The van der Waals surface area contributed by atoms with Gasteiger partial charge in [-0.1, -0.05) is 19.1 Å². The summed E-state index contributed by atoms with van der Waals surface area (Å²) in [5, 5.41) is 11.6. The molecule has 0 amide bonds. The van der Waals surface area contributed by atoms with Crippen LogP contribution in [0.2, 0.25) is 0 Å². The van der Waals surface area contributed by atoms with Crippen LogP contribution in [0.1, 0.15) is 30.5 Å². The second-order valence-electron chi connectivity index (χ2n) is 4.58. The first kappa shape index (κ1) is 15.9. The van der Waals surface area contributed by atoms with Crippen molar-refractivity contribution in [3.05, 3.63) is 41.8 Å². The lowest BCUT2D eigenvalue weighted by Gasteiger charge is -2.10. The maximum Gasteiger partial charge on any atom is 0.436 e. The standard InChI is InChI=1S/C14H13F3N2O3/c1-2-10(12(20)21)8-3-5-9(6-4-8)18-13-19-11(7-22-13)14(15,16)17/h3-7,10H,2H2,1H3,(H,18,19)(H,20,21)/t10-/m0/s1. The second kappa shape index (κ2) is 6.08. The number of hydrogen-bond donors (Lipinski definition) is 2. The third-order valence-electron chi connectivity index (χ3n) is 3.07. The second-order valence-corrected chi connectivity index (χ2v) is 4.58. The fourth-order valence-electron chi connectivity index (χ4n) is 1.94. The van der Waals surface area contributed by atoms with Crippen LogP contribution in [-0.2, 0) is 11.0 Å². The molecule has 2 rings (SSSR count). The average molecular weight is 314 g/mol. The molecule has 8 heteroatoms. The summed E-state index contributed by atoms with van der Waals surface area (Å²) in [5.41, 5.74) is -0.0629. The van der Waals surface area contributed by atoms with Gasteiger partial charge in [-0.25, -0.2) is 0 Å². The van der Waals surface area contributed by atoms with Crippen LogP contribution in [0.3, 0.4) is 0 Å². The Bertz CT molecular complexity index is 650.